The molecule has 0 saturated heterocycles. The van der Waals surface area contributed by atoms with Crippen molar-refractivity contribution in [2.75, 3.05) is 5.32 Å². The lowest BCUT2D eigenvalue weighted by atomic mass is 10.1. The standard InChI is InChI=1S/C21H17N3O3/c1-12-6-8-14(9-7-12)22-21-15-4-2-3-5-16(15)23-20(24-21)13-10-17(25)19(27)18(26)11-13/h2-11,25-27H,1H3,(H,22,23,24). The number of para-hydroxylation sites is 1. The molecule has 6 heteroatoms. The van der Waals surface area contributed by atoms with Crippen LogP contribution >= 0.6 is 0 Å². The average Bonchev–Trinajstić information content (AvgIpc) is 2.67. The van der Waals surface area contributed by atoms with Crippen molar-refractivity contribution in [1.29, 1.82) is 0 Å². The van der Waals surface area contributed by atoms with Gasteiger partial charge in [-0.1, -0.05) is 29.8 Å². The van der Waals surface area contributed by atoms with Gasteiger partial charge in [-0.3, -0.25) is 0 Å². The van der Waals surface area contributed by atoms with Gasteiger partial charge >= 0.3 is 0 Å². The third-order valence-corrected chi connectivity index (χ3v) is 4.25. The Balaban J connectivity index is 1.87. The van der Waals surface area contributed by atoms with E-state index < -0.39 is 17.2 Å². The SMILES string of the molecule is Cc1ccc(Nc2nc(-c3cc(O)c(O)c(O)c3)nc3ccccc23)cc1. The molecule has 0 unspecified atom stereocenters. The summed E-state index contributed by atoms with van der Waals surface area (Å²) in [5, 5.41) is 33.3. The van der Waals surface area contributed by atoms with Crippen LogP contribution in [0.25, 0.3) is 22.3 Å². The van der Waals surface area contributed by atoms with Gasteiger partial charge in [0.1, 0.15) is 5.82 Å². The van der Waals surface area contributed by atoms with Gasteiger partial charge < -0.3 is 20.6 Å². The van der Waals surface area contributed by atoms with Crippen molar-refractivity contribution in [3.05, 3.63) is 66.2 Å². The number of nitrogens with zero attached hydrogens (tertiary/aromatic N) is 2. The quantitative estimate of drug-likeness (QED) is 0.403. The number of phenolic OH excluding ortho intramolecular Hbond substituents is 3. The molecule has 0 atom stereocenters. The molecule has 27 heavy (non-hydrogen) atoms. The summed E-state index contributed by atoms with van der Waals surface area (Å²) in [6.45, 7) is 2.02. The molecule has 0 fully saturated rings. The fourth-order valence-corrected chi connectivity index (χ4v) is 2.81. The number of nitrogens with one attached hydrogen (secondary N) is 1. The van der Waals surface area contributed by atoms with Gasteiger partial charge in [0.05, 0.1) is 5.52 Å². The maximum absolute atomic E-state index is 9.80. The highest BCUT2D eigenvalue weighted by molar-refractivity contribution is 5.92. The van der Waals surface area contributed by atoms with Gasteiger partial charge in [0.25, 0.3) is 0 Å². The Bertz CT molecular complexity index is 1120. The van der Waals surface area contributed by atoms with E-state index in [0.29, 0.717) is 22.7 Å². The predicted molar refractivity (Wildman–Crippen MR) is 104 cm³/mol. The van der Waals surface area contributed by atoms with Crippen LogP contribution in [-0.4, -0.2) is 25.3 Å². The van der Waals surface area contributed by atoms with Crippen LogP contribution in [0, 0.1) is 6.92 Å². The van der Waals surface area contributed by atoms with E-state index in [4.69, 9.17) is 0 Å². The first-order valence-corrected chi connectivity index (χ1v) is 8.37. The van der Waals surface area contributed by atoms with Crippen molar-refractivity contribution in [2.45, 2.75) is 6.92 Å². The van der Waals surface area contributed by atoms with Gasteiger partial charge in [0.2, 0.25) is 0 Å². The van der Waals surface area contributed by atoms with Crippen LogP contribution < -0.4 is 5.32 Å². The number of rotatable bonds is 3. The van der Waals surface area contributed by atoms with Crippen LogP contribution in [0.3, 0.4) is 0 Å². The fourth-order valence-electron chi connectivity index (χ4n) is 2.81. The van der Waals surface area contributed by atoms with Crippen molar-refractivity contribution >= 4 is 22.4 Å². The first kappa shape index (κ1) is 16.7. The van der Waals surface area contributed by atoms with Crippen LogP contribution in [0.1, 0.15) is 5.56 Å². The predicted octanol–water partition coefficient (Wildman–Crippen LogP) is 4.47. The molecule has 0 saturated carbocycles. The number of hydrogen-bond acceptors (Lipinski definition) is 6. The second-order valence-corrected chi connectivity index (χ2v) is 6.27. The molecule has 1 heterocycles. The topological polar surface area (TPSA) is 98.5 Å². The first-order valence-electron chi connectivity index (χ1n) is 8.37. The van der Waals surface area contributed by atoms with E-state index in [9.17, 15) is 15.3 Å². The Labute approximate surface area is 155 Å². The lowest BCUT2D eigenvalue weighted by Crippen LogP contribution is -1.99. The summed E-state index contributed by atoms with van der Waals surface area (Å²) in [4.78, 5) is 9.09. The molecule has 4 aromatic rings. The number of anilines is 2. The zero-order valence-corrected chi connectivity index (χ0v) is 14.5. The Morgan fingerprint density at radius 3 is 2.19 bits per heavy atom. The molecule has 6 nitrogen and oxygen atoms in total. The normalized spacial score (nSPS) is 10.9. The lowest BCUT2D eigenvalue weighted by Gasteiger charge is -2.12. The van der Waals surface area contributed by atoms with Crippen molar-refractivity contribution in [2.24, 2.45) is 0 Å². The number of phenols is 3. The minimum absolute atomic E-state index is 0.314. The van der Waals surface area contributed by atoms with Crippen molar-refractivity contribution in [3.63, 3.8) is 0 Å². The van der Waals surface area contributed by atoms with Gasteiger partial charge in [-0.2, -0.15) is 0 Å². The molecule has 3 aromatic carbocycles. The monoisotopic (exact) mass is 359 g/mol. The molecule has 4 N–H and O–H groups in total. The molecular weight excluding hydrogens is 342 g/mol. The molecule has 0 aliphatic heterocycles. The fraction of sp³-hybridized carbons (Fsp3) is 0.0476. The number of hydrogen-bond donors (Lipinski definition) is 4. The largest absolute Gasteiger partial charge is 0.504 e. The van der Waals surface area contributed by atoms with Crippen LogP contribution in [0.15, 0.2) is 60.7 Å². The third-order valence-electron chi connectivity index (χ3n) is 4.25. The summed E-state index contributed by atoms with van der Waals surface area (Å²) >= 11 is 0. The summed E-state index contributed by atoms with van der Waals surface area (Å²) in [5.74, 6) is -0.525. The summed E-state index contributed by atoms with van der Waals surface area (Å²) < 4.78 is 0. The van der Waals surface area contributed by atoms with E-state index in [1.807, 2.05) is 55.5 Å². The number of fused-ring (bicyclic) bond motifs is 1. The molecule has 0 amide bonds. The Kier molecular flexibility index (Phi) is 4.01. The molecule has 4 rings (SSSR count). The van der Waals surface area contributed by atoms with E-state index in [2.05, 4.69) is 15.3 Å². The van der Waals surface area contributed by atoms with E-state index in [-0.39, 0.29) is 0 Å². The summed E-state index contributed by atoms with van der Waals surface area (Å²) in [6.07, 6.45) is 0. The zero-order chi connectivity index (χ0) is 19.0. The summed E-state index contributed by atoms with van der Waals surface area (Å²) in [5.41, 5.74) is 3.14. The second-order valence-electron chi connectivity index (χ2n) is 6.27. The third kappa shape index (κ3) is 3.20. The van der Waals surface area contributed by atoms with E-state index in [0.717, 1.165) is 16.6 Å². The molecule has 0 radical (unpaired) electrons. The summed E-state index contributed by atoms with van der Waals surface area (Å²) in [6, 6.07) is 18.1. The Morgan fingerprint density at radius 1 is 0.815 bits per heavy atom. The Morgan fingerprint density at radius 2 is 1.48 bits per heavy atom. The number of aryl methyl sites for hydroxylation is 1. The molecule has 1 aromatic heterocycles. The molecule has 134 valence electrons. The molecule has 0 aliphatic rings. The van der Waals surface area contributed by atoms with Crippen LogP contribution in [0.5, 0.6) is 17.2 Å². The van der Waals surface area contributed by atoms with Crippen LogP contribution in [0.4, 0.5) is 11.5 Å². The average molecular weight is 359 g/mol. The number of benzene rings is 3. The number of aromatic hydroxyl groups is 3. The maximum Gasteiger partial charge on any atom is 0.200 e. The van der Waals surface area contributed by atoms with Crippen molar-refractivity contribution in [1.82, 2.24) is 9.97 Å². The Hall–Kier alpha value is -3.80. The lowest BCUT2D eigenvalue weighted by molar-refractivity contribution is 0.368. The van der Waals surface area contributed by atoms with E-state index in [1.54, 1.807) is 0 Å². The highest BCUT2D eigenvalue weighted by atomic mass is 16.3. The maximum atomic E-state index is 9.80. The molecule has 0 spiro atoms. The second kappa shape index (κ2) is 6.49. The number of aromatic nitrogens is 2. The van der Waals surface area contributed by atoms with Crippen LogP contribution in [0.2, 0.25) is 0 Å². The van der Waals surface area contributed by atoms with Gasteiger partial charge in [0, 0.05) is 16.6 Å². The smallest absolute Gasteiger partial charge is 0.200 e. The first-order chi connectivity index (χ1) is 13.0. The van der Waals surface area contributed by atoms with E-state index >= 15 is 0 Å². The zero-order valence-electron chi connectivity index (χ0n) is 14.5. The molecule has 0 aliphatic carbocycles. The van der Waals surface area contributed by atoms with E-state index in [1.165, 1.54) is 12.1 Å². The highest BCUT2D eigenvalue weighted by Gasteiger charge is 2.14. The van der Waals surface area contributed by atoms with Gasteiger partial charge in [-0.15, -0.1) is 0 Å². The minimum atomic E-state index is -0.572. The molecule has 0 bridgehead atoms. The highest BCUT2D eigenvalue weighted by Crippen LogP contribution is 2.38. The van der Waals surface area contributed by atoms with Gasteiger partial charge in [0.15, 0.2) is 23.1 Å². The van der Waals surface area contributed by atoms with Gasteiger partial charge in [-0.05, 0) is 43.3 Å². The minimum Gasteiger partial charge on any atom is -0.504 e. The molecular formula is C21H17N3O3. The van der Waals surface area contributed by atoms with Gasteiger partial charge in [-0.25, -0.2) is 9.97 Å². The van der Waals surface area contributed by atoms with Crippen molar-refractivity contribution in [3.8, 4) is 28.6 Å². The van der Waals surface area contributed by atoms with Crippen LogP contribution in [-0.2, 0) is 0 Å². The summed E-state index contributed by atoms with van der Waals surface area (Å²) in [7, 11) is 0. The van der Waals surface area contributed by atoms with Crippen molar-refractivity contribution < 1.29 is 15.3 Å².